The molecular weight excluding hydrogens is 292 g/mol. The normalized spacial score (nSPS) is 17.7. The van der Waals surface area contributed by atoms with Crippen LogP contribution in [0.2, 0.25) is 0 Å². The van der Waals surface area contributed by atoms with Gasteiger partial charge in [-0.05, 0) is 13.1 Å². The van der Waals surface area contributed by atoms with Crippen molar-refractivity contribution in [3.63, 3.8) is 0 Å². The molecule has 0 bridgehead atoms. The Balaban J connectivity index is 2.44. The number of rotatable bonds is 7. The highest BCUT2D eigenvalue weighted by Crippen LogP contribution is 2.10. The van der Waals surface area contributed by atoms with Crippen molar-refractivity contribution in [2.45, 2.75) is 20.3 Å². The molecule has 1 fully saturated rings. The molecule has 0 atom stereocenters. The number of amides is 1. The minimum atomic E-state index is -3.36. The highest BCUT2D eigenvalue weighted by Gasteiger charge is 2.29. The molecule has 0 saturated carbocycles. The van der Waals surface area contributed by atoms with Gasteiger partial charge in [0.05, 0.1) is 0 Å². The monoisotopic (exact) mass is 320 g/mol. The Kier molecular flexibility index (Phi) is 7.05. The van der Waals surface area contributed by atoms with Gasteiger partial charge in [0.25, 0.3) is 10.2 Å². The van der Waals surface area contributed by atoms with E-state index in [2.05, 4.69) is 18.7 Å². The lowest BCUT2D eigenvalue weighted by Crippen LogP contribution is -2.53. The average molecular weight is 320 g/mol. The lowest BCUT2D eigenvalue weighted by Gasteiger charge is -2.35. The first-order valence-corrected chi connectivity index (χ1v) is 8.90. The van der Waals surface area contributed by atoms with Crippen LogP contribution in [0.5, 0.6) is 0 Å². The van der Waals surface area contributed by atoms with Crippen LogP contribution < -0.4 is 0 Å². The maximum atomic E-state index is 12.1. The van der Waals surface area contributed by atoms with E-state index in [1.807, 2.05) is 0 Å². The zero-order valence-corrected chi connectivity index (χ0v) is 14.4. The summed E-state index contributed by atoms with van der Waals surface area (Å²) < 4.78 is 26.6. The smallest absolute Gasteiger partial charge is 0.281 e. The van der Waals surface area contributed by atoms with E-state index in [0.29, 0.717) is 32.6 Å². The quantitative estimate of drug-likeness (QED) is 0.644. The minimum Gasteiger partial charge on any atom is -0.340 e. The van der Waals surface area contributed by atoms with Gasteiger partial charge in [0.2, 0.25) is 5.91 Å². The molecular formula is C13H28N4O3S. The average Bonchev–Trinajstić information content (AvgIpc) is 2.48. The number of hydrogen-bond acceptors (Lipinski definition) is 4. The van der Waals surface area contributed by atoms with E-state index in [-0.39, 0.29) is 5.91 Å². The van der Waals surface area contributed by atoms with Gasteiger partial charge >= 0.3 is 0 Å². The maximum Gasteiger partial charge on any atom is 0.281 e. The summed E-state index contributed by atoms with van der Waals surface area (Å²) in [7, 11) is -0.313. The fraction of sp³-hybridized carbons (Fsp3) is 0.923. The van der Waals surface area contributed by atoms with E-state index in [0.717, 1.165) is 19.6 Å². The molecule has 1 aliphatic rings. The molecule has 21 heavy (non-hydrogen) atoms. The summed E-state index contributed by atoms with van der Waals surface area (Å²) >= 11 is 0. The third-order valence-electron chi connectivity index (χ3n) is 3.92. The van der Waals surface area contributed by atoms with E-state index in [4.69, 9.17) is 0 Å². The van der Waals surface area contributed by atoms with Crippen LogP contribution in [0.15, 0.2) is 0 Å². The maximum absolute atomic E-state index is 12.1. The van der Waals surface area contributed by atoms with E-state index < -0.39 is 10.2 Å². The van der Waals surface area contributed by atoms with Crippen molar-refractivity contribution in [3.05, 3.63) is 0 Å². The van der Waals surface area contributed by atoms with Crippen LogP contribution in [0, 0.1) is 0 Å². The van der Waals surface area contributed by atoms with Crippen molar-refractivity contribution in [1.29, 1.82) is 0 Å². The Morgan fingerprint density at radius 3 is 2.00 bits per heavy atom. The Hall–Kier alpha value is -0.700. The zero-order chi connectivity index (χ0) is 16.0. The van der Waals surface area contributed by atoms with Gasteiger partial charge in [-0.2, -0.15) is 17.0 Å². The van der Waals surface area contributed by atoms with E-state index in [9.17, 15) is 13.2 Å². The fourth-order valence-corrected chi connectivity index (χ4v) is 3.44. The molecule has 0 unspecified atom stereocenters. The zero-order valence-electron chi connectivity index (χ0n) is 13.6. The lowest BCUT2D eigenvalue weighted by atomic mass is 10.3. The molecule has 1 amide bonds. The Morgan fingerprint density at radius 1 is 1.05 bits per heavy atom. The second kappa shape index (κ2) is 8.07. The standard InChI is InChI=1S/C13H28N4O3S/c1-5-15(6-2)8-7-13(18)16-9-11-17(12-10-16)21(19,20)14(3)4/h5-12H2,1-4H3. The molecule has 0 radical (unpaired) electrons. The van der Waals surface area contributed by atoms with Crippen LogP contribution in [0.25, 0.3) is 0 Å². The van der Waals surface area contributed by atoms with Gasteiger partial charge in [0, 0.05) is 53.2 Å². The summed E-state index contributed by atoms with van der Waals surface area (Å²) in [5.41, 5.74) is 0. The largest absolute Gasteiger partial charge is 0.340 e. The van der Waals surface area contributed by atoms with E-state index in [1.54, 1.807) is 4.90 Å². The minimum absolute atomic E-state index is 0.115. The van der Waals surface area contributed by atoms with Crippen molar-refractivity contribution in [1.82, 2.24) is 18.4 Å². The molecule has 7 nitrogen and oxygen atoms in total. The number of nitrogens with zero attached hydrogens (tertiary/aromatic N) is 4. The molecule has 0 aliphatic carbocycles. The number of hydrogen-bond donors (Lipinski definition) is 0. The van der Waals surface area contributed by atoms with Gasteiger partial charge in [-0.15, -0.1) is 0 Å². The molecule has 1 heterocycles. The molecule has 0 aromatic heterocycles. The first-order valence-electron chi connectivity index (χ1n) is 7.50. The van der Waals surface area contributed by atoms with Crippen molar-refractivity contribution < 1.29 is 13.2 Å². The fourth-order valence-electron chi connectivity index (χ4n) is 2.35. The molecule has 1 aliphatic heterocycles. The van der Waals surface area contributed by atoms with Gasteiger partial charge in [0.15, 0.2) is 0 Å². The molecule has 1 rings (SSSR count). The van der Waals surface area contributed by atoms with Crippen molar-refractivity contribution in [2.75, 3.05) is 59.9 Å². The Morgan fingerprint density at radius 2 is 1.57 bits per heavy atom. The third-order valence-corrected chi connectivity index (χ3v) is 5.86. The molecule has 0 aromatic rings. The van der Waals surface area contributed by atoms with Crippen molar-refractivity contribution in [3.8, 4) is 0 Å². The number of piperazine rings is 1. The predicted octanol–water partition coefficient (Wildman–Crippen LogP) is -0.331. The van der Waals surface area contributed by atoms with Gasteiger partial charge in [-0.25, -0.2) is 0 Å². The first kappa shape index (κ1) is 18.3. The SMILES string of the molecule is CCN(CC)CCC(=O)N1CCN(S(=O)(=O)N(C)C)CC1. The summed E-state index contributed by atoms with van der Waals surface area (Å²) in [6.07, 6.45) is 0.502. The summed E-state index contributed by atoms with van der Waals surface area (Å²) in [6, 6.07) is 0. The van der Waals surface area contributed by atoms with Crippen LogP contribution in [0.1, 0.15) is 20.3 Å². The molecule has 8 heteroatoms. The summed E-state index contributed by atoms with van der Waals surface area (Å²) in [6.45, 7) is 8.51. The summed E-state index contributed by atoms with van der Waals surface area (Å²) in [5, 5.41) is 0. The third kappa shape index (κ3) is 4.91. The van der Waals surface area contributed by atoms with Gasteiger partial charge in [0.1, 0.15) is 0 Å². The van der Waals surface area contributed by atoms with E-state index >= 15 is 0 Å². The predicted molar refractivity (Wildman–Crippen MR) is 83.2 cm³/mol. The number of carbonyl (C=O) groups is 1. The highest BCUT2D eigenvalue weighted by atomic mass is 32.2. The topological polar surface area (TPSA) is 64.2 Å². The van der Waals surface area contributed by atoms with Crippen molar-refractivity contribution >= 4 is 16.1 Å². The van der Waals surface area contributed by atoms with Crippen LogP contribution in [0.4, 0.5) is 0 Å². The van der Waals surface area contributed by atoms with Gasteiger partial charge in [-0.3, -0.25) is 4.79 Å². The molecule has 0 aromatic carbocycles. The Bertz CT molecular complexity index is 427. The molecule has 1 saturated heterocycles. The van der Waals surface area contributed by atoms with Gasteiger partial charge in [-0.1, -0.05) is 13.8 Å². The van der Waals surface area contributed by atoms with Crippen LogP contribution in [0.3, 0.4) is 0 Å². The molecule has 124 valence electrons. The van der Waals surface area contributed by atoms with E-state index in [1.165, 1.54) is 22.7 Å². The second-order valence-corrected chi connectivity index (χ2v) is 7.49. The van der Waals surface area contributed by atoms with Crippen LogP contribution in [-0.2, 0) is 15.0 Å². The van der Waals surface area contributed by atoms with Crippen LogP contribution >= 0.6 is 0 Å². The summed E-state index contributed by atoms with van der Waals surface area (Å²) in [5.74, 6) is 0.115. The number of carbonyl (C=O) groups excluding carboxylic acids is 1. The van der Waals surface area contributed by atoms with Crippen molar-refractivity contribution in [2.24, 2.45) is 0 Å². The highest BCUT2D eigenvalue weighted by molar-refractivity contribution is 7.86. The first-order chi connectivity index (χ1) is 9.82. The van der Waals surface area contributed by atoms with Crippen LogP contribution in [-0.4, -0.2) is 92.6 Å². The van der Waals surface area contributed by atoms with Gasteiger partial charge < -0.3 is 9.80 Å². The lowest BCUT2D eigenvalue weighted by molar-refractivity contribution is -0.132. The summed E-state index contributed by atoms with van der Waals surface area (Å²) in [4.78, 5) is 16.1. The molecule has 0 spiro atoms. The second-order valence-electron chi connectivity index (χ2n) is 5.35. The molecule has 0 N–H and O–H groups in total. The Labute approximate surface area is 128 Å².